The highest BCUT2D eigenvalue weighted by atomic mass is 79.9. The molecule has 2 aromatic rings. The molecule has 0 unspecified atom stereocenters. The van der Waals surface area contributed by atoms with Crippen molar-refractivity contribution in [3.05, 3.63) is 62.6 Å². The summed E-state index contributed by atoms with van der Waals surface area (Å²) in [6, 6.07) is 13.1. The summed E-state index contributed by atoms with van der Waals surface area (Å²) in [6.07, 6.45) is 0. The lowest BCUT2D eigenvalue weighted by molar-refractivity contribution is 0.304. The van der Waals surface area contributed by atoms with E-state index in [1.165, 1.54) is 0 Å². The summed E-state index contributed by atoms with van der Waals surface area (Å²) in [5, 5.41) is 9.33. The van der Waals surface area contributed by atoms with Gasteiger partial charge in [0.05, 0.1) is 11.6 Å². The number of nitrogens with zero attached hydrogens (tertiary/aromatic N) is 1. The van der Waals surface area contributed by atoms with Gasteiger partial charge in [0, 0.05) is 15.1 Å². The molecule has 0 radical (unpaired) electrons. The fraction of sp³-hybridized carbons (Fsp3) is 0.133. The summed E-state index contributed by atoms with van der Waals surface area (Å²) < 4.78 is 6.73. The third-order valence-corrected chi connectivity index (χ3v) is 3.56. The Kier molecular flexibility index (Phi) is 4.47. The predicted octanol–water partition coefficient (Wildman–Crippen LogP) is 4.86. The minimum atomic E-state index is 0.377. The van der Waals surface area contributed by atoms with Crippen molar-refractivity contribution in [1.29, 1.82) is 5.26 Å². The molecule has 0 spiro atoms. The van der Waals surface area contributed by atoms with Crippen LogP contribution in [0, 0.1) is 18.3 Å². The van der Waals surface area contributed by atoms with Crippen LogP contribution in [-0.4, -0.2) is 0 Å². The van der Waals surface area contributed by atoms with Crippen LogP contribution < -0.4 is 4.74 Å². The number of nitriles is 1. The molecule has 0 fully saturated rings. The van der Waals surface area contributed by atoms with E-state index in [-0.39, 0.29) is 0 Å². The molecule has 2 nitrogen and oxygen atoms in total. The Balaban J connectivity index is 2.15. The molecule has 0 saturated carbocycles. The Labute approximate surface area is 125 Å². The van der Waals surface area contributed by atoms with E-state index < -0.39 is 0 Å². The molecule has 0 aliphatic heterocycles. The molecule has 4 heteroatoms. The molecule has 0 amide bonds. The fourth-order valence-corrected chi connectivity index (χ4v) is 2.19. The van der Waals surface area contributed by atoms with Crippen molar-refractivity contribution in [2.45, 2.75) is 13.5 Å². The van der Waals surface area contributed by atoms with Gasteiger partial charge >= 0.3 is 0 Å². The van der Waals surface area contributed by atoms with Crippen molar-refractivity contribution in [3.63, 3.8) is 0 Å². The number of aryl methyl sites for hydroxylation is 1. The molecule has 0 aromatic heterocycles. The van der Waals surface area contributed by atoms with Gasteiger partial charge in [0.2, 0.25) is 0 Å². The Morgan fingerprint density at radius 2 is 2.05 bits per heavy atom. The SMILES string of the molecule is Cc1ccc(Br)cc1OCc1ccc(C#N)cc1Cl. The monoisotopic (exact) mass is 335 g/mol. The van der Waals surface area contributed by atoms with Crippen LogP contribution in [0.2, 0.25) is 5.02 Å². The van der Waals surface area contributed by atoms with Crippen LogP contribution in [-0.2, 0) is 6.61 Å². The zero-order chi connectivity index (χ0) is 13.8. The smallest absolute Gasteiger partial charge is 0.123 e. The van der Waals surface area contributed by atoms with Gasteiger partial charge in [0.25, 0.3) is 0 Å². The van der Waals surface area contributed by atoms with E-state index in [1.807, 2.05) is 31.2 Å². The second kappa shape index (κ2) is 6.10. The van der Waals surface area contributed by atoms with Gasteiger partial charge in [-0.25, -0.2) is 0 Å². The van der Waals surface area contributed by atoms with Gasteiger partial charge in [-0.3, -0.25) is 0 Å². The Hall–Kier alpha value is -1.50. The quantitative estimate of drug-likeness (QED) is 0.801. The van der Waals surface area contributed by atoms with Crippen molar-refractivity contribution in [1.82, 2.24) is 0 Å². The summed E-state index contributed by atoms with van der Waals surface area (Å²) in [6.45, 7) is 2.37. The van der Waals surface area contributed by atoms with E-state index >= 15 is 0 Å². The zero-order valence-corrected chi connectivity index (χ0v) is 12.6. The Bertz CT molecular complexity index is 649. The molecule has 2 aromatic carbocycles. The maximum Gasteiger partial charge on any atom is 0.123 e. The van der Waals surface area contributed by atoms with Crippen LogP contribution in [0.3, 0.4) is 0 Å². The van der Waals surface area contributed by atoms with Crippen LogP contribution in [0.1, 0.15) is 16.7 Å². The largest absolute Gasteiger partial charge is 0.489 e. The van der Waals surface area contributed by atoms with Crippen molar-refractivity contribution in [2.75, 3.05) is 0 Å². The minimum absolute atomic E-state index is 0.377. The predicted molar refractivity (Wildman–Crippen MR) is 79.4 cm³/mol. The lowest BCUT2D eigenvalue weighted by Crippen LogP contribution is -1.98. The molecule has 0 N–H and O–H groups in total. The third kappa shape index (κ3) is 3.50. The minimum Gasteiger partial charge on any atom is -0.489 e. The number of hydrogen-bond donors (Lipinski definition) is 0. The molecular weight excluding hydrogens is 326 g/mol. The van der Waals surface area contributed by atoms with Gasteiger partial charge in [0.15, 0.2) is 0 Å². The molecule has 0 heterocycles. The highest BCUT2D eigenvalue weighted by molar-refractivity contribution is 9.10. The lowest BCUT2D eigenvalue weighted by Gasteiger charge is -2.10. The highest BCUT2D eigenvalue weighted by Crippen LogP contribution is 2.25. The summed E-state index contributed by atoms with van der Waals surface area (Å²) in [7, 11) is 0. The highest BCUT2D eigenvalue weighted by Gasteiger charge is 2.05. The number of ether oxygens (including phenoxy) is 1. The normalized spacial score (nSPS) is 10.0. The van der Waals surface area contributed by atoms with Gasteiger partial charge in [-0.2, -0.15) is 5.26 Å². The summed E-state index contributed by atoms with van der Waals surface area (Å²) in [4.78, 5) is 0. The van der Waals surface area contributed by atoms with Crippen LogP contribution >= 0.6 is 27.5 Å². The average molecular weight is 337 g/mol. The number of halogens is 2. The van der Waals surface area contributed by atoms with Crippen LogP contribution in [0.4, 0.5) is 0 Å². The van der Waals surface area contributed by atoms with Crippen molar-refractivity contribution in [2.24, 2.45) is 0 Å². The number of benzene rings is 2. The summed E-state index contributed by atoms with van der Waals surface area (Å²) >= 11 is 9.52. The Morgan fingerprint density at radius 3 is 2.74 bits per heavy atom. The van der Waals surface area contributed by atoms with Gasteiger partial charge in [-0.05, 0) is 36.8 Å². The van der Waals surface area contributed by atoms with Crippen LogP contribution in [0.25, 0.3) is 0 Å². The van der Waals surface area contributed by atoms with E-state index in [1.54, 1.807) is 12.1 Å². The summed E-state index contributed by atoms with van der Waals surface area (Å²) in [5.74, 6) is 0.815. The zero-order valence-electron chi connectivity index (χ0n) is 10.3. The summed E-state index contributed by atoms with van der Waals surface area (Å²) in [5.41, 5.74) is 2.47. The van der Waals surface area contributed by atoms with Gasteiger partial charge in [0.1, 0.15) is 12.4 Å². The van der Waals surface area contributed by atoms with Gasteiger partial charge in [-0.1, -0.05) is 39.7 Å². The molecule has 0 atom stereocenters. The van der Waals surface area contributed by atoms with E-state index in [9.17, 15) is 0 Å². The molecule has 96 valence electrons. The lowest BCUT2D eigenvalue weighted by atomic mass is 10.1. The first-order valence-electron chi connectivity index (χ1n) is 5.67. The van der Waals surface area contributed by atoms with Crippen molar-refractivity contribution in [3.8, 4) is 11.8 Å². The Morgan fingerprint density at radius 1 is 1.26 bits per heavy atom. The van der Waals surface area contributed by atoms with Gasteiger partial charge < -0.3 is 4.74 Å². The standard InChI is InChI=1S/C15H11BrClNO/c1-10-2-5-13(16)7-15(10)19-9-12-4-3-11(8-18)6-14(12)17/h2-7H,9H2,1H3. The van der Waals surface area contributed by atoms with E-state index in [0.29, 0.717) is 17.2 Å². The topological polar surface area (TPSA) is 33.0 Å². The molecule has 0 aliphatic rings. The molecule has 2 rings (SSSR count). The first-order valence-corrected chi connectivity index (χ1v) is 6.84. The van der Waals surface area contributed by atoms with E-state index in [2.05, 4.69) is 22.0 Å². The maximum absolute atomic E-state index is 8.78. The van der Waals surface area contributed by atoms with E-state index in [4.69, 9.17) is 21.6 Å². The maximum atomic E-state index is 8.78. The molecule has 0 saturated heterocycles. The molecule has 19 heavy (non-hydrogen) atoms. The fourth-order valence-electron chi connectivity index (χ4n) is 1.62. The van der Waals surface area contributed by atoms with Crippen molar-refractivity contribution < 1.29 is 4.74 Å². The molecular formula is C15H11BrClNO. The second-order valence-electron chi connectivity index (χ2n) is 4.12. The average Bonchev–Trinajstić information content (AvgIpc) is 2.40. The molecule has 0 aliphatic carbocycles. The van der Waals surface area contributed by atoms with Crippen LogP contribution in [0.15, 0.2) is 40.9 Å². The second-order valence-corrected chi connectivity index (χ2v) is 5.44. The molecule has 0 bridgehead atoms. The first-order chi connectivity index (χ1) is 9.10. The number of hydrogen-bond acceptors (Lipinski definition) is 2. The van der Waals surface area contributed by atoms with Gasteiger partial charge in [-0.15, -0.1) is 0 Å². The van der Waals surface area contributed by atoms with E-state index in [0.717, 1.165) is 21.3 Å². The van der Waals surface area contributed by atoms with Crippen molar-refractivity contribution >= 4 is 27.5 Å². The van der Waals surface area contributed by atoms with Crippen LogP contribution in [0.5, 0.6) is 5.75 Å². The third-order valence-electron chi connectivity index (χ3n) is 2.72. The number of rotatable bonds is 3. The first kappa shape index (κ1) is 13.9.